The second kappa shape index (κ2) is 6.11. The molecule has 2 rings (SSSR count). The molecule has 1 heterocycles. The van der Waals surface area contributed by atoms with Crippen LogP contribution in [0.5, 0.6) is 5.75 Å². The largest absolute Gasteiger partial charge is 0.493 e. The van der Waals surface area contributed by atoms with Crippen molar-refractivity contribution < 1.29 is 13.2 Å². The van der Waals surface area contributed by atoms with Gasteiger partial charge in [-0.2, -0.15) is 0 Å². The molecule has 0 atom stereocenters. The van der Waals surface area contributed by atoms with Gasteiger partial charge in [-0.15, -0.1) is 0 Å². The van der Waals surface area contributed by atoms with E-state index in [4.69, 9.17) is 16.3 Å². The number of hydrogen-bond acceptors (Lipinski definition) is 4. The summed E-state index contributed by atoms with van der Waals surface area (Å²) in [5.41, 5.74) is 2.19. The zero-order chi connectivity index (χ0) is 13.9. The summed E-state index contributed by atoms with van der Waals surface area (Å²) in [7, 11) is -2.87. The van der Waals surface area contributed by atoms with Gasteiger partial charge in [0.15, 0.2) is 0 Å². The Bertz CT molecular complexity index is 557. The van der Waals surface area contributed by atoms with E-state index in [9.17, 15) is 8.42 Å². The molecule has 1 aromatic rings. The van der Waals surface area contributed by atoms with Gasteiger partial charge in [-0.3, -0.25) is 0 Å². The van der Waals surface area contributed by atoms with Crippen molar-refractivity contribution in [1.82, 2.24) is 5.32 Å². The van der Waals surface area contributed by atoms with E-state index in [1.165, 1.54) is 6.26 Å². The maximum absolute atomic E-state index is 11.0. The Morgan fingerprint density at radius 2 is 2.21 bits per heavy atom. The highest BCUT2D eigenvalue weighted by molar-refractivity contribution is 7.90. The molecule has 6 heteroatoms. The highest BCUT2D eigenvalue weighted by Crippen LogP contribution is 2.32. The van der Waals surface area contributed by atoms with Crippen molar-refractivity contribution in [2.75, 3.05) is 25.2 Å². The number of benzene rings is 1. The Labute approximate surface area is 119 Å². The first kappa shape index (κ1) is 14.6. The summed E-state index contributed by atoms with van der Waals surface area (Å²) >= 11 is 6.07. The maximum atomic E-state index is 11.0. The summed E-state index contributed by atoms with van der Waals surface area (Å²) in [6.07, 6.45) is 2.77. The van der Waals surface area contributed by atoms with Gasteiger partial charge < -0.3 is 10.1 Å². The molecule has 0 unspecified atom stereocenters. The van der Waals surface area contributed by atoms with E-state index in [-0.39, 0.29) is 5.75 Å². The number of ether oxygens (including phenoxy) is 1. The molecule has 1 N–H and O–H groups in total. The predicted octanol–water partition coefficient (Wildman–Crippen LogP) is 1.80. The molecule has 0 saturated heterocycles. The molecule has 1 aliphatic heterocycles. The zero-order valence-electron chi connectivity index (χ0n) is 10.9. The van der Waals surface area contributed by atoms with Crippen LogP contribution in [0.4, 0.5) is 0 Å². The SMILES string of the molecule is CS(=O)(=O)CCCNCc1cc(Cl)cc2c1OCC2. The molecular formula is C13H18ClNO3S. The molecule has 1 aromatic carbocycles. The number of rotatable bonds is 6. The van der Waals surface area contributed by atoms with Crippen LogP contribution < -0.4 is 10.1 Å². The van der Waals surface area contributed by atoms with Crippen LogP contribution in [-0.4, -0.2) is 33.6 Å². The third kappa shape index (κ3) is 4.37. The number of halogens is 1. The summed E-state index contributed by atoms with van der Waals surface area (Å²) in [4.78, 5) is 0. The highest BCUT2D eigenvalue weighted by atomic mass is 35.5. The molecular weight excluding hydrogens is 286 g/mol. The average molecular weight is 304 g/mol. The lowest BCUT2D eigenvalue weighted by molar-refractivity contribution is 0.352. The minimum Gasteiger partial charge on any atom is -0.493 e. The van der Waals surface area contributed by atoms with Crippen LogP contribution in [0.25, 0.3) is 0 Å². The quantitative estimate of drug-likeness (QED) is 0.814. The van der Waals surface area contributed by atoms with Crippen LogP contribution >= 0.6 is 11.6 Å². The van der Waals surface area contributed by atoms with Gasteiger partial charge >= 0.3 is 0 Å². The van der Waals surface area contributed by atoms with Crippen molar-refractivity contribution in [3.63, 3.8) is 0 Å². The Kier molecular flexibility index (Phi) is 4.71. The van der Waals surface area contributed by atoms with Crippen LogP contribution in [0, 0.1) is 0 Å². The molecule has 0 spiro atoms. The van der Waals surface area contributed by atoms with E-state index >= 15 is 0 Å². The summed E-state index contributed by atoms with van der Waals surface area (Å²) < 4.78 is 27.6. The van der Waals surface area contributed by atoms with Crippen molar-refractivity contribution in [3.05, 3.63) is 28.3 Å². The molecule has 106 valence electrons. The van der Waals surface area contributed by atoms with Crippen molar-refractivity contribution >= 4 is 21.4 Å². The van der Waals surface area contributed by atoms with E-state index in [0.717, 1.165) is 28.3 Å². The van der Waals surface area contributed by atoms with Crippen LogP contribution in [0.1, 0.15) is 17.5 Å². The van der Waals surface area contributed by atoms with Gasteiger partial charge in [-0.05, 0) is 30.7 Å². The molecule has 0 bridgehead atoms. The second-order valence-electron chi connectivity index (χ2n) is 4.81. The minimum atomic E-state index is -2.87. The fourth-order valence-electron chi connectivity index (χ4n) is 2.16. The third-order valence-corrected chi connectivity index (χ3v) is 4.26. The lowest BCUT2D eigenvalue weighted by Crippen LogP contribution is -2.18. The molecule has 19 heavy (non-hydrogen) atoms. The van der Waals surface area contributed by atoms with Crippen LogP contribution in [-0.2, 0) is 22.8 Å². The van der Waals surface area contributed by atoms with Gasteiger partial charge in [0.2, 0.25) is 0 Å². The Morgan fingerprint density at radius 1 is 1.42 bits per heavy atom. The molecule has 1 aliphatic rings. The Morgan fingerprint density at radius 3 is 2.95 bits per heavy atom. The van der Waals surface area contributed by atoms with Gasteiger partial charge in [-0.1, -0.05) is 11.6 Å². The van der Waals surface area contributed by atoms with E-state index in [1.54, 1.807) is 0 Å². The molecule has 0 radical (unpaired) electrons. The molecule has 0 aromatic heterocycles. The van der Waals surface area contributed by atoms with Gasteiger partial charge in [0.05, 0.1) is 12.4 Å². The summed E-state index contributed by atoms with van der Waals surface area (Å²) in [6, 6.07) is 3.84. The Hall–Kier alpha value is -0.780. The first-order chi connectivity index (χ1) is 8.96. The molecule has 0 saturated carbocycles. The van der Waals surface area contributed by atoms with Gasteiger partial charge in [-0.25, -0.2) is 8.42 Å². The van der Waals surface area contributed by atoms with E-state index in [0.29, 0.717) is 26.1 Å². The second-order valence-corrected chi connectivity index (χ2v) is 7.51. The fraction of sp³-hybridized carbons (Fsp3) is 0.538. The maximum Gasteiger partial charge on any atom is 0.147 e. The molecule has 0 aliphatic carbocycles. The molecule has 0 amide bonds. The number of nitrogens with one attached hydrogen (secondary N) is 1. The van der Waals surface area contributed by atoms with Crippen molar-refractivity contribution in [3.8, 4) is 5.75 Å². The van der Waals surface area contributed by atoms with Crippen molar-refractivity contribution in [2.45, 2.75) is 19.4 Å². The van der Waals surface area contributed by atoms with Crippen molar-refractivity contribution in [2.24, 2.45) is 0 Å². The highest BCUT2D eigenvalue weighted by Gasteiger charge is 2.17. The number of hydrogen-bond donors (Lipinski definition) is 1. The predicted molar refractivity (Wildman–Crippen MR) is 76.7 cm³/mol. The topological polar surface area (TPSA) is 55.4 Å². The average Bonchev–Trinajstić information content (AvgIpc) is 2.74. The van der Waals surface area contributed by atoms with Crippen LogP contribution in [0.15, 0.2) is 12.1 Å². The van der Waals surface area contributed by atoms with Crippen molar-refractivity contribution in [1.29, 1.82) is 0 Å². The summed E-state index contributed by atoms with van der Waals surface area (Å²) in [6.45, 7) is 2.01. The lowest BCUT2D eigenvalue weighted by atomic mass is 10.1. The summed E-state index contributed by atoms with van der Waals surface area (Å²) in [5, 5.41) is 3.95. The smallest absolute Gasteiger partial charge is 0.147 e. The van der Waals surface area contributed by atoms with E-state index < -0.39 is 9.84 Å². The number of fused-ring (bicyclic) bond motifs is 1. The van der Waals surface area contributed by atoms with Gasteiger partial charge in [0.25, 0.3) is 0 Å². The lowest BCUT2D eigenvalue weighted by Gasteiger charge is -2.10. The molecule has 4 nitrogen and oxygen atoms in total. The number of sulfone groups is 1. The van der Waals surface area contributed by atoms with E-state index in [1.807, 2.05) is 12.1 Å². The zero-order valence-corrected chi connectivity index (χ0v) is 12.5. The van der Waals surface area contributed by atoms with Gasteiger partial charge in [0, 0.05) is 29.8 Å². The van der Waals surface area contributed by atoms with Crippen LogP contribution in [0.3, 0.4) is 0 Å². The molecule has 0 fully saturated rings. The first-order valence-electron chi connectivity index (χ1n) is 6.28. The standard InChI is InChI=1S/C13H18ClNO3S/c1-19(16,17)6-2-4-15-9-11-8-12(14)7-10-3-5-18-13(10)11/h7-8,15H,2-6,9H2,1H3. The monoisotopic (exact) mass is 303 g/mol. The first-order valence-corrected chi connectivity index (χ1v) is 8.72. The normalized spacial score (nSPS) is 14.2. The Balaban J connectivity index is 1.87. The fourth-order valence-corrected chi connectivity index (χ4v) is 3.09. The minimum absolute atomic E-state index is 0.212. The summed E-state index contributed by atoms with van der Waals surface area (Å²) in [5.74, 6) is 1.14. The van der Waals surface area contributed by atoms with E-state index in [2.05, 4.69) is 5.32 Å². The third-order valence-electron chi connectivity index (χ3n) is 3.01. The van der Waals surface area contributed by atoms with Crippen LogP contribution in [0.2, 0.25) is 5.02 Å². The van der Waals surface area contributed by atoms with Gasteiger partial charge in [0.1, 0.15) is 15.6 Å².